The molecule has 0 bridgehead atoms. The molecule has 6 heteroatoms. The first-order valence-electron chi connectivity index (χ1n) is 8.30. The number of aromatic nitrogens is 3. The molecular weight excluding hydrogens is 350 g/mol. The third-order valence-electron chi connectivity index (χ3n) is 4.32. The van der Waals surface area contributed by atoms with Crippen LogP contribution in [-0.4, -0.2) is 14.7 Å². The fourth-order valence-corrected chi connectivity index (χ4v) is 3.19. The van der Waals surface area contributed by atoms with Gasteiger partial charge < -0.3 is 9.09 Å². The summed E-state index contributed by atoms with van der Waals surface area (Å²) >= 11 is 6.02. The van der Waals surface area contributed by atoms with Crippen LogP contribution in [0.5, 0.6) is 0 Å². The van der Waals surface area contributed by atoms with Crippen molar-refractivity contribution in [3.05, 3.63) is 69.5 Å². The second kappa shape index (κ2) is 6.42. The smallest absolute Gasteiger partial charge is 0.263 e. The van der Waals surface area contributed by atoms with Crippen molar-refractivity contribution in [3.63, 3.8) is 0 Å². The number of halogens is 1. The number of pyridine rings is 1. The minimum absolute atomic E-state index is 0.116. The lowest BCUT2D eigenvalue weighted by molar-refractivity contribution is 0.431. The van der Waals surface area contributed by atoms with E-state index in [0.29, 0.717) is 21.8 Å². The van der Waals surface area contributed by atoms with Crippen LogP contribution in [0.3, 0.4) is 0 Å². The van der Waals surface area contributed by atoms with Gasteiger partial charge in [0.1, 0.15) is 5.56 Å². The van der Waals surface area contributed by atoms with Crippen LogP contribution in [0.25, 0.3) is 33.7 Å². The van der Waals surface area contributed by atoms with Crippen LogP contribution in [-0.2, 0) is 6.54 Å². The average Bonchev–Trinajstić information content (AvgIpc) is 3.12. The third kappa shape index (κ3) is 2.80. The molecule has 0 amide bonds. The molecule has 26 heavy (non-hydrogen) atoms. The van der Waals surface area contributed by atoms with Crippen molar-refractivity contribution in [2.24, 2.45) is 0 Å². The Morgan fingerprint density at radius 1 is 1.19 bits per heavy atom. The molecule has 130 valence electrons. The topological polar surface area (TPSA) is 60.9 Å². The van der Waals surface area contributed by atoms with Crippen LogP contribution in [0.15, 0.2) is 58.0 Å². The molecule has 0 aliphatic heterocycles. The standard InChI is InChI=1S/C20H16ClN3O2/c1-3-24-11-16(18(25)15-9-12(2)7-8-17(15)24)20-22-19(23-26-20)13-5-4-6-14(21)10-13/h4-11H,3H2,1-2H3. The Bertz CT molecular complexity index is 1180. The van der Waals surface area contributed by atoms with E-state index in [9.17, 15) is 4.79 Å². The summed E-state index contributed by atoms with van der Waals surface area (Å²) in [5, 5.41) is 5.24. The monoisotopic (exact) mass is 365 g/mol. The van der Waals surface area contributed by atoms with Gasteiger partial charge in [0.05, 0.1) is 5.52 Å². The fraction of sp³-hybridized carbons (Fsp3) is 0.150. The SMILES string of the molecule is CCn1cc(-c2nc(-c3cccc(Cl)c3)no2)c(=O)c2cc(C)ccc21. The lowest BCUT2D eigenvalue weighted by atomic mass is 10.1. The van der Waals surface area contributed by atoms with Crippen LogP contribution in [0.1, 0.15) is 12.5 Å². The molecular formula is C20H16ClN3O2. The van der Waals surface area contributed by atoms with Crippen molar-refractivity contribution in [2.45, 2.75) is 20.4 Å². The molecule has 2 heterocycles. The maximum atomic E-state index is 13.0. The Labute approximate surface area is 154 Å². The van der Waals surface area contributed by atoms with Gasteiger partial charge in [-0.3, -0.25) is 4.79 Å². The molecule has 0 radical (unpaired) electrons. The molecule has 4 aromatic rings. The predicted molar refractivity (Wildman–Crippen MR) is 102 cm³/mol. The van der Waals surface area contributed by atoms with Gasteiger partial charge in [-0.25, -0.2) is 0 Å². The average molecular weight is 366 g/mol. The van der Waals surface area contributed by atoms with E-state index in [1.165, 1.54) is 0 Å². The molecule has 0 atom stereocenters. The van der Waals surface area contributed by atoms with E-state index < -0.39 is 0 Å². The van der Waals surface area contributed by atoms with Crippen LogP contribution >= 0.6 is 11.6 Å². The quantitative estimate of drug-likeness (QED) is 0.528. The zero-order valence-corrected chi connectivity index (χ0v) is 15.1. The molecule has 0 spiro atoms. The Hall–Kier alpha value is -2.92. The fourth-order valence-electron chi connectivity index (χ4n) is 3.00. The van der Waals surface area contributed by atoms with E-state index in [4.69, 9.17) is 16.1 Å². The number of benzene rings is 2. The third-order valence-corrected chi connectivity index (χ3v) is 4.55. The second-order valence-electron chi connectivity index (χ2n) is 6.11. The largest absolute Gasteiger partial charge is 0.347 e. The van der Waals surface area contributed by atoms with Crippen molar-refractivity contribution in [1.82, 2.24) is 14.7 Å². The summed E-state index contributed by atoms with van der Waals surface area (Å²) in [6.07, 6.45) is 1.77. The summed E-state index contributed by atoms with van der Waals surface area (Å²) in [5.74, 6) is 0.602. The Balaban J connectivity index is 1.90. The highest BCUT2D eigenvalue weighted by molar-refractivity contribution is 6.30. The van der Waals surface area contributed by atoms with Gasteiger partial charge in [0, 0.05) is 28.7 Å². The molecule has 0 aliphatic rings. The molecule has 0 unspecified atom stereocenters. The zero-order valence-electron chi connectivity index (χ0n) is 14.4. The Morgan fingerprint density at radius 2 is 2.04 bits per heavy atom. The number of hydrogen-bond donors (Lipinski definition) is 0. The Kier molecular flexibility index (Phi) is 4.09. The molecule has 0 saturated heterocycles. The van der Waals surface area contributed by atoms with E-state index in [1.54, 1.807) is 18.3 Å². The van der Waals surface area contributed by atoms with Crippen LogP contribution in [0.4, 0.5) is 0 Å². The van der Waals surface area contributed by atoms with Gasteiger partial charge in [-0.15, -0.1) is 0 Å². The van der Waals surface area contributed by atoms with Crippen LogP contribution < -0.4 is 5.43 Å². The normalized spacial score (nSPS) is 11.2. The van der Waals surface area contributed by atoms with E-state index in [1.807, 2.05) is 48.7 Å². The van der Waals surface area contributed by atoms with Gasteiger partial charge in [-0.1, -0.05) is 40.5 Å². The van der Waals surface area contributed by atoms with Crippen molar-refractivity contribution in [2.75, 3.05) is 0 Å². The van der Waals surface area contributed by atoms with Crippen LogP contribution in [0.2, 0.25) is 5.02 Å². The summed E-state index contributed by atoms with van der Waals surface area (Å²) in [5.41, 5.74) is 2.93. The lowest BCUT2D eigenvalue weighted by Gasteiger charge is -2.10. The molecule has 4 rings (SSSR count). The minimum atomic E-state index is -0.116. The van der Waals surface area contributed by atoms with Gasteiger partial charge in [0.2, 0.25) is 11.3 Å². The number of hydrogen-bond acceptors (Lipinski definition) is 4. The summed E-state index contributed by atoms with van der Waals surface area (Å²) < 4.78 is 7.40. The zero-order chi connectivity index (χ0) is 18.3. The predicted octanol–water partition coefficient (Wildman–Crippen LogP) is 4.70. The van der Waals surface area contributed by atoms with Gasteiger partial charge >= 0.3 is 0 Å². The van der Waals surface area contributed by atoms with E-state index in [-0.39, 0.29) is 11.3 Å². The number of nitrogens with zero attached hydrogens (tertiary/aromatic N) is 3. The van der Waals surface area contributed by atoms with E-state index in [0.717, 1.165) is 23.2 Å². The first kappa shape index (κ1) is 16.5. The first-order valence-corrected chi connectivity index (χ1v) is 8.68. The van der Waals surface area contributed by atoms with E-state index in [2.05, 4.69) is 10.1 Å². The maximum absolute atomic E-state index is 13.0. The number of fused-ring (bicyclic) bond motifs is 1. The summed E-state index contributed by atoms with van der Waals surface area (Å²) in [6.45, 7) is 4.71. The van der Waals surface area contributed by atoms with Gasteiger partial charge in [0.25, 0.3) is 5.89 Å². The van der Waals surface area contributed by atoms with E-state index >= 15 is 0 Å². The summed E-state index contributed by atoms with van der Waals surface area (Å²) in [4.78, 5) is 17.4. The summed E-state index contributed by atoms with van der Waals surface area (Å²) in [7, 11) is 0. The molecule has 0 saturated carbocycles. The lowest BCUT2D eigenvalue weighted by Crippen LogP contribution is -2.12. The Morgan fingerprint density at radius 3 is 2.81 bits per heavy atom. The van der Waals surface area contributed by atoms with Crippen molar-refractivity contribution in [1.29, 1.82) is 0 Å². The van der Waals surface area contributed by atoms with Crippen LogP contribution in [0, 0.1) is 6.92 Å². The molecule has 0 N–H and O–H groups in total. The molecule has 2 aromatic carbocycles. The van der Waals surface area contributed by atoms with Gasteiger partial charge in [-0.05, 0) is 38.1 Å². The van der Waals surface area contributed by atoms with Gasteiger partial charge in [-0.2, -0.15) is 4.98 Å². The highest BCUT2D eigenvalue weighted by Gasteiger charge is 2.17. The van der Waals surface area contributed by atoms with Gasteiger partial charge in [0.15, 0.2) is 0 Å². The highest BCUT2D eigenvalue weighted by atomic mass is 35.5. The maximum Gasteiger partial charge on any atom is 0.263 e. The first-order chi connectivity index (χ1) is 12.6. The number of aryl methyl sites for hydroxylation is 2. The second-order valence-corrected chi connectivity index (χ2v) is 6.55. The minimum Gasteiger partial charge on any atom is -0.347 e. The summed E-state index contributed by atoms with van der Waals surface area (Å²) in [6, 6.07) is 13.0. The molecule has 5 nitrogen and oxygen atoms in total. The highest BCUT2D eigenvalue weighted by Crippen LogP contribution is 2.24. The van der Waals surface area contributed by atoms with Crippen molar-refractivity contribution in [3.8, 4) is 22.8 Å². The van der Waals surface area contributed by atoms with Crippen molar-refractivity contribution >= 4 is 22.5 Å². The molecule has 2 aromatic heterocycles. The molecule has 0 aliphatic carbocycles. The van der Waals surface area contributed by atoms with Crippen molar-refractivity contribution < 1.29 is 4.52 Å². The number of rotatable bonds is 3. The molecule has 0 fully saturated rings.